The molecule has 0 saturated carbocycles. The number of nitrogens with two attached hydrogens (primary N) is 1. The van der Waals surface area contributed by atoms with Gasteiger partial charge in [-0.05, 0) is 25.0 Å². The van der Waals surface area contributed by atoms with Gasteiger partial charge < -0.3 is 18.2 Å². The minimum absolute atomic E-state index is 0. The van der Waals surface area contributed by atoms with Gasteiger partial charge in [0, 0.05) is 24.9 Å². The zero-order valence-corrected chi connectivity index (χ0v) is 24.4. The Hall–Kier alpha value is -0.688. The van der Waals surface area contributed by atoms with Crippen LogP contribution in [0.2, 0.25) is 5.02 Å². The summed E-state index contributed by atoms with van der Waals surface area (Å²) in [4.78, 5) is 22.9. The van der Waals surface area contributed by atoms with Crippen molar-refractivity contribution in [2.24, 2.45) is 15.9 Å². The Labute approximate surface area is 234 Å². The molecule has 150 valence electrons. The van der Waals surface area contributed by atoms with Crippen LogP contribution in [0.5, 0.6) is 0 Å². The molecule has 2 aromatic rings. The van der Waals surface area contributed by atoms with E-state index in [9.17, 15) is 4.79 Å². The maximum absolute atomic E-state index is 11.7. The first-order valence-electron chi connectivity index (χ1n) is 8.80. The van der Waals surface area contributed by atoms with Crippen LogP contribution in [-0.2, 0) is 6.42 Å². The third-order valence-corrected chi connectivity index (χ3v) is 4.99. The molecule has 8 nitrogen and oxygen atoms in total. The second-order valence-electron chi connectivity index (χ2n) is 6.29. The number of halogens is 1. The van der Waals surface area contributed by atoms with Crippen molar-refractivity contribution in [3.05, 3.63) is 58.6 Å². The predicted molar refractivity (Wildman–Crippen MR) is 114 cm³/mol. The van der Waals surface area contributed by atoms with Crippen molar-refractivity contribution in [3.8, 4) is 0 Å². The van der Waals surface area contributed by atoms with Crippen LogP contribution in [-0.4, -0.2) is 39.7 Å². The van der Waals surface area contributed by atoms with Crippen molar-refractivity contribution in [2.75, 3.05) is 18.0 Å². The number of pyridine rings is 1. The molecular weight excluding hydrogens is 511 g/mol. The monoisotopic (exact) mass is 535 g/mol. The van der Waals surface area contributed by atoms with E-state index in [-0.39, 0.29) is 87.4 Å². The number of hydrogen-bond donors (Lipinski definition) is 2. The molecule has 3 rings (SSSR count). The second kappa shape index (κ2) is 12.2. The summed E-state index contributed by atoms with van der Waals surface area (Å²) in [7, 11) is 0. The van der Waals surface area contributed by atoms with Crippen LogP contribution in [0.15, 0.2) is 39.4 Å². The number of rotatable bonds is 4. The number of aromatic nitrogens is 3. The molecule has 1 aliphatic rings. The zero-order valence-electron chi connectivity index (χ0n) is 17.3. The minimum atomic E-state index is -0.419. The fourth-order valence-electron chi connectivity index (χ4n) is 3.22. The van der Waals surface area contributed by atoms with Crippen molar-refractivity contribution < 1.29 is 68.9 Å². The van der Waals surface area contributed by atoms with E-state index in [2.05, 4.69) is 33.3 Å². The number of nitrogens with one attached hydrogen (secondary N) is 1. The molecule has 1 aliphatic heterocycles. The predicted octanol–water partition coefficient (Wildman–Crippen LogP) is -0.438. The summed E-state index contributed by atoms with van der Waals surface area (Å²) in [5, 5.41) is 10.2. The van der Waals surface area contributed by atoms with Crippen LogP contribution in [0.1, 0.15) is 37.6 Å². The van der Waals surface area contributed by atoms with Crippen LogP contribution in [0.3, 0.4) is 0 Å². The summed E-state index contributed by atoms with van der Waals surface area (Å²) in [5.74, 6) is 5.62. The van der Waals surface area contributed by atoms with E-state index in [1.807, 2.05) is 17.9 Å². The minimum Gasteiger partial charge on any atom is -0.362 e. The summed E-state index contributed by atoms with van der Waals surface area (Å²) in [6, 6.07) is 3.93. The van der Waals surface area contributed by atoms with Crippen LogP contribution >= 0.6 is 11.6 Å². The molecule has 0 aliphatic carbocycles. The second-order valence-corrected chi connectivity index (χ2v) is 6.67. The van der Waals surface area contributed by atoms with Gasteiger partial charge in [0.1, 0.15) is 10.7 Å². The molecule has 1 saturated heterocycles. The van der Waals surface area contributed by atoms with Gasteiger partial charge in [-0.2, -0.15) is 10.2 Å². The van der Waals surface area contributed by atoms with Crippen molar-refractivity contribution in [3.63, 3.8) is 0 Å². The van der Waals surface area contributed by atoms with E-state index in [0.29, 0.717) is 30.9 Å². The van der Waals surface area contributed by atoms with Gasteiger partial charge in [0.05, 0.1) is 30.2 Å². The van der Waals surface area contributed by atoms with Crippen molar-refractivity contribution in [1.29, 1.82) is 0 Å². The Morgan fingerprint density at radius 2 is 2.17 bits per heavy atom. The molecule has 3 N–H and O–H groups in total. The van der Waals surface area contributed by atoms with Gasteiger partial charge in [-0.15, -0.1) is 0 Å². The fraction of sp³-hybridized carbons (Fsp3) is 0.368. The standard InChI is InChI=1S/C18H22ClN7O.CH3.Cs/c1-3-13-12(5-4-7-21-13)11(2)23-14-6-8-26(10-15(14)24-20)16-9-22-25-18(27)17(16)19;;/h4-5,7,9,11H,3,6,8,10,20H2,1-2H3,(H,25,27);1H3;/q;-1;+1/b23-14?,24-15-;;. The summed E-state index contributed by atoms with van der Waals surface area (Å²) in [6.07, 6.45) is 4.83. The van der Waals surface area contributed by atoms with Gasteiger partial charge in [0.25, 0.3) is 5.56 Å². The first kappa shape index (κ1) is 26.3. The number of aliphatic imine (C=N–C) groups is 1. The fourth-order valence-corrected chi connectivity index (χ4v) is 3.43. The molecule has 0 bridgehead atoms. The van der Waals surface area contributed by atoms with E-state index in [1.54, 1.807) is 6.20 Å². The van der Waals surface area contributed by atoms with Crippen LogP contribution < -0.4 is 85.2 Å². The molecule has 0 amide bonds. The van der Waals surface area contributed by atoms with E-state index in [1.165, 1.54) is 6.20 Å². The third-order valence-electron chi connectivity index (χ3n) is 4.63. The summed E-state index contributed by atoms with van der Waals surface area (Å²) in [5.41, 5.74) is 3.83. The Balaban J connectivity index is 0.00000210. The molecular formula is C19H25ClCsN7O. The van der Waals surface area contributed by atoms with Crippen molar-refractivity contribution >= 4 is 28.7 Å². The number of H-pyrrole nitrogens is 1. The number of piperidine rings is 1. The Bertz CT molecular complexity index is 944. The molecule has 0 spiro atoms. The number of nitrogens with zero attached hydrogens (tertiary/aromatic N) is 5. The third kappa shape index (κ3) is 6.16. The molecule has 0 radical (unpaired) electrons. The van der Waals surface area contributed by atoms with Gasteiger partial charge >= 0.3 is 68.9 Å². The number of hydrazone groups is 1. The van der Waals surface area contributed by atoms with Crippen LogP contribution in [0, 0.1) is 7.43 Å². The van der Waals surface area contributed by atoms with Gasteiger partial charge in [0.15, 0.2) is 0 Å². The van der Waals surface area contributed by atoms with Gasteiger partial charge in [-0.25, -0.2) is 5.10 Å². The molecule has 10 heteroatoms. The zero-order chi connectivity index (χ0) is 19.4. The van der Waals surface area contributed by atoms with E-state index >= 15 is 0 Å². The van der Waals surface area contributed by atoms with Gasteiger partial charge in [-0.3, -0.25) is 14.8 Å². The quantitative estimate of drug-likeness (QED) is 0.313. The van der Waals surface area contributed by atoms with Gasteiger partial charge in [-0.1, -0.05) is 24.6 Å². The molecule has 1 unspecified atom stereocenters. The topological polar surface area (TPSA) is 113 Å². The molecule has 0 aromatic carbocycles. The molecule has 3 heterocycles. The number of anilines is 1. The molecule has 2 aromatic heterocycles. The largest absolute Gasteiger partial charge is 1.00 e. The first-order chi connectivity index (χ1) is 13.0. The smallest absolute Gasteiger partial charge is 0.362 e. The summed E-state index contributed by atoms with van der Waals surface area (Å²) in [6.45, 7) is 5.18. The Kier molecular flexibility index (Phi) is 11.1. The maximum atomic E-state index is 11.7. The Morgan fingerprint density at radius 1 is 1.41 bits per heavy atom. The van der Waals surface area contributed by atoms with Crippen molar-refractivity contribution in [2.45, 2.75) is 32.7 Å². The average Bonchev–Trinajstić information content (AvgIpc) is 2.70. The number of aromatic amines is 1. The summed E-state index contributed by atoms with van der Waals surface area (Å²) < 4.78 is 0. The Morgan fingerprint density at radius 3 is 2.86 bits per heavy atom. The van der Waals surface area contributed by atoms with Crippen LogP contribution in [0.4, 0.5) is 5.69 Å². The molecule has 1 fully saturated rings. The van der Waals surface area contributed by atoms with Crippen LogP contribution in [0.25, 0.3) is 0 Å². The van der Waals surface area contributed by atoms with E-state index < -0.39 is 5.56 Å². The number of aryl methyl sites for hydroxylation is 1. The van der Waals surface area contributed by atoms with Gasteiger partial charge in [0.2, 0.25) is 0 Å². The van der Waals surface area contributed by atoms with Crippen molar-refractivity contribution in [1.82, 2.24) is 15.2 Å². The molecule has 29 heavy (non-hydrogen) atoms. The number of hydrogen-bond acceptors (Lipinski definition) is 7. The maximum Gasteiger partial charge on any atom is 1.00 e. The average molecular weight is 536 g/mol. The van der Waals surface area contributed by atoms with E-state index in [0.717, 1.165) is 23.4 Å². The SMILES string of the molecule is CCc1ncccc1C(C)N=C1CCN(c2cn[nH]c(=O)c2Cl)C/C1=N/N.[CH3-].[Cs+]. The first-order valence-corrected chi connectivity index (χ1v) is 9.18. The molecule has 1 atom stereocenters. The normalized spacial score (nSPS) is 17.6. The summed E-state index contributed by atoms with van der Waals surface area (Å²) >= 11 is 6.12. The van der Waals surface area contributed by atoms with E-state index in [4.69, 9.17) is 22.4 Å².